The van der Waals surface area contributed by atoms with Crippen LogP contribution in [0.2, 0.25) is 0 Å². The molecule has 1 aromatic heterocycles. The van der Waals surface area contributed by atoms with Gasteiger partial charge in [0.1, 0.15) is 5.82 Å². The Morgan fingerprint density at radius 3 is 2.44 bits per heavy atom. The van der Waals surface area contributed by atoms with Crippen molar-refractivity contribution in [1.29, 1.82) is 0 Å². The van der Waals surface area contributed by atoms with Gasteiger partial charge in [0, 0.05) is 11.6 Å². The molecule has 6 nitrogen and oxygen atoms in total. The highest BCUT2D eigenvalue weighted by molar-refractivity contribution is 7.99. The summed E-state index contributed by atoms with van der Waals surface area (Å²) in [5.74, 6) is 0.412. The van der Waals surface area contributed by atoms with Gasteiger partial charge in [-0.1, -0.05) is 23.9 Å². The van der Waals surface area contributed by atoms with Gasteiger partial charge in [-0.2, -0.15) is 0 Å². The number of carbonyl (C=O) groups is 1. The van der Waals surface area contributed by atoms with Gasteiger partial charge < -0.3 is 9.47 Å². The average Bonchev–Trinajstić information content (AvgIpc) is 2.82. The van der Waals surface area contributed by atoms with Crippen molar-refractivity contribution in [2.45, 2.75) is 5.16 Å². The van der Waals surface area contributed by atoms with Crippen molar-refractivity contribution in [1.82, 2.24) is 9.55 Å². The molecule has 1 heterocycles. The zero-order valence-corrected chi connectivity index (χ0v) is 18.2. The highest BCUT2D eigenvalue weighted by Gasteiger charge is 2.17. The van der Waals surface area contributed by atoms with Crippen LogP contribution in [-0.2, 0) is 0 Å². The maximum Gasteiger partial charge on any atom is 0.266 e. The summed E-state index contributed by atoms with van der Waals surface area (Å²) in [4.78, 5) is 30.6. The number of hydrogen-bond acceptors (Lipinski definition) is 6. The molecule has 0 spiro atoms. The minimum absolute atomic E-state index is 0.0315. The van der Waals surface area contributed by atoms with Crippen molar-refractivity contribution >= 4 is 28.4 Å². The Balaban J connectivity index is 1.78. The van der Waals surface area contributed by atoms with E-state index in [0.717, 1.165) is 11.8 Å². The summed E-state index contributed by atoms with van der Waals surface area (Å²) in [5, 5.41) is 0.813. The van der Waals surface area contributed by atoms with Crippen LogP contribution in [0.5, 0.6) is 11.5 Å². The third-order valence-corrected chi connectivity index (χ3v) is 5.81. The Labute approximate surface area is 187 Å². The minimum atomic E-state index is -0.410. The summed E-state index contributed by atoms with van der Waals surface area (Å²) in [6, 6.07) is 17.5. The molecule has 0 saturated heterocycles. The number of thioether (sulfide) groups is 1. The lowest BCUT2D eigenvalue weighted by atomic mass is 10.1. The van der Waals surface area contributed by atoms with Gasteiger partial charge >= 0.3 is 0 Å². The molecular formula is C24H19FN2O4S. The fraction of sp³-hybridized carbons (Fsp3) is 0.125. The number of ketones is 1. The molecule has 0 saturated carbocycles. The lowest BCUT2D eigenvalue weighted by Gasteiger charge is -2.15. The van der Waals surface area contributed by atoms with Crippen molar-refractivity contribution in [3.05, 3.63) is 88.5 Å². The van der Waals surface area contributed by atoms with Crippen LogP contribution in [0.3, 0.4) is 0 Å². The molecular weight excluding hydrogens is 431 g/mol. The normalized spacial score (nSPS) is 10.8. The molecule has 0 aliphatic heterocycles. The van der Waals surface area contributed by atoms with Crippen LogP contribution in [0.4, 0.5) is 4.39 Å². The van der Waals surface area contributed by atoms with Gasteiger partial charge in [0.2, 0.25) is 0 Å². The van der Waals surface area contributed by atoms with E-state index >= 15 is 0 Å². The second-order valence-electron chi connectivity index (χ2n) is 6.81. The highest BCUT2D eigenvalue weighted by Crippen LogP contribution is 2.30. The predicted molar refractivity (Wildman–Crippen MR) is 122 cm³/mol. The molecule has 0 N–H and O–H groups in total. The average molecular weight is 450 g/mol. The topological polar surface area (TPSA) is 70.4 Å². The van der Waals surface area contributed by atoms with Gasteiger partial charge in [0.25, 0.3) is 5.56 Å². The fourth-order valence-electron chi connectivity index (χ4n) is 3.25. The largest absolute Gasteiger partial charge is 0.493 e. The van der Waals surface area contributed by atoms with Crippen LogP contribution in [0.25, 0.3) is 16.6 Å². The molecule has 8 heteroatoms. The van der Waals surface area contributed by atoms with E-state index in [1.54, 1.807) is 42.5 Å². The molecule has 0 bridgehead atoms. The van der Waals surface area contributed by atoms with E-state index in [9.17, 15) is 14.0 Å². The number of nitrogens with zero attached hydrogens (tertiary/aromatic N) is 2. The molecule has 0 fully saturated rings. The lowest BCUT2D eigenvalue weighted by Crippen LogP contribution is -2.22. The van der Waals surface area contributed by atoms with Crippen LogP contribution in [-0.4, -0.2) is 35.3 Å². The van der Waals surface area contributed by atoms with Crippen molar-refractivity contribution in [3.63, 3.8) is 0 Å². The molecule has 0 amide bonds. The van der Waals surface area contributed by atoms with Crippen molar-refractivity contribution in [2.24, 2.45) is 0 Å². The molecule has 0 radical (unpaired) electrons. The van der Waals surface area contributed by atoms with Crippen LogP contribution in [0, 0.1) is 5.82 Å². The SMILES string of the molecule is COc1ccc(-n2c(SCC(=O)c3ccc(F)cc3)nc3ccccc3c2=O)cc1OC. The number of aromatic nitrogens is 2. The summed E-state index contributed by atoms with van der Waals surface area (Å²) in [6.07, 6.45) is 0. The predicted octanol–water partition coefficient (Wildman–Crippen LogP) is 4.52. The first-order valence-corrected chi connectivity index (χ1v) is 10.7. The molecule has 162 valence electrons. The number of benzene rings is 3. The Morgan fingerprint density at radius 2 is 1.72 bits per heavy atom. The van der Waals surface area contributed by atoms with E-state index in [1.165, 1.54) is 43.1 Å². The van der Waals surface area contributed by atoms with Crippen molar-refractivity contribution < 1.29 is 18.7 Å². The van der Waals surface area contributed by atoms with Crippen LogP contribution in [0.15, 0.2) is 76.7 Å². The van der Waals surface area contributed by atoms with Crippen molar-refractivity contribution in [3.8, 4) is 17.2 Å². The Hall–Kier alpha value is -3.65. The van der Waals surface area contributed by atoms with Gasteiger partial charge in [-0.3, -0.25) is 14.2 Å². The van der Waals surface area contributed by atoms with Gasteiger partial charge in [-0.15, -0.1) is 0 Å². The van der Waals surface area contributed by atoms with Gasteiger partial charge in [0.15, 0.2) is 22.4 Å². The number of hydrogen-bond donors (Lipinski definition) is 0. The van der Waals surface area contributed by atoms with E-state index in [4.69, 9.17) is 9.47 Å². The van der Waals surface area contributed by atoms with Gasteiger partial charge in [-0.05, 0) is 48.5 Å². The molecule has 0 unspecified atom stereocenters. The number of para-hydroxylation sites is 1. The highest BCUT2D eigenvalue weighted by atomic mass is 32.2. The van der Waals surface area contributed by atoms with Crippen molar-refractivity contribution in [2.75, 3.05) is 20.0 Å². The smallest absolute Gasteiger partial charge is 0.266 e. The van der Waals surface area contributed by atoms with E-state index in [1.807, 2.05) is 0 Å². The van der Waals surface area contributed by atoms with Crippen LogP contribution < -0.4 is 15.0 Å². The summed E-state index contributed by atoms with van der Waals surface area (Å²) in [7, 11) is 3.05. The Bertz CT molecular complexity index is 1350. The Kier molecular flexibility index (Phi) is 6.23. The van der Waals surface area contributed by atoms with E-state index in [0.29, 0.717) is 38.8 Å². The molecule has 4 aromatic rings. The summed E-state index contributed by atoms with van der Waals surface area (Å²) < 4.78 is 25.3. The van der Waals surface area contributed by atoms with E-state index < -0.39 is 5.82 Å². The maximum atomic E-state index is 13.4. The third kappa shape index (κ3) is 4.22. The fourth-order valence-corrected chi connectivity index (χ4v) is 4.16. The molecule has 0 aliphatic rings. The number of fused-ring (bicyclic) bond motifs is 1. The van der Waals surface area contributed by atoms with Gasteiger partial charge in [0.05, 0.1) is 36.6 Å². The van der Waals surface area contributed by atoms with E-state index in [2.05, 4.69) is 4.98 Å². The first-order chi connectivity index (χ1) is 15.5. The second kappa shape index (κ2) is 9.23. The number of Topliss-reactive ketones (excluding diaryl/α,β-unsaturated/α-hetero) is 1. The third-order valence-electron chi connectivity index (χ3n) is 4.87. The van der Waals surface area contributed by atoms with Gasteiger partial charge in [-0.25, -0.2) is 9.37 Å². The Morgan fingerprint density at radius 1 is 1.00 bits per heavy atom. The van der Waals surface area contributed by atoms with E-state index in [-0.39, 0.29) is 17.1 Å². The number of halogens is 1. The zero-order valence-electron chi connectivity index (χ0n) is 17.4. The first kappa shape index (κ1) is 21.6. The zero-order chi connectivity index (χ0) is 22.7. The number of methoxy groups -OCH3 is 2. The van der Waals surface area contributed by atoms with Crippen LogP contribution in [0.1, 0.15) is 10.4 Å². The quantitative estimate of drug-likeness (QED) is 0.234. The standard InChI is InChI=1S/C24H19FN2O4S/c1-30-21-12-11-17(13-22(21)31-2)27-23(29)18-5-3-4-6-19(18)26-24(27)32-14-20(28)15-7-9-16(25)10-8-15/h3-13H,14H2,1-2H3. The summed E-state index contributed by atoms with van der Waals surface area (Å²) >= 11 is 1.14. The minimum Gasteiger partial charge on any atom is -0.493 e. The summed E-state index contributed by atoms with van der Waals surface area (Å²) in [5.41, 5.74) is 1.19. The first-order valence-electron chi connectivity index (χ1n) is 9.67. The molecule has 0 atom stereocenters. The molecule has 3 aromatic carbocycles. The number of ether oxygens (including phenoxy) is 2. The molecule has 0 aliphatic carbocycles. The monoisotopic (exact) mass is 450 g/mol. The van der Waals surface area contributed by atoms with Crippen LogP contribution >= 0.6 is 11.8 Å². The summed E-state index contributed by atoms with van der Waals surface area (Å²) in [6.45, 7) is 0. The number of rotatable bonds is 7. The maximum absolute atomic E-state index is 13.4. The number of carbonyl (C=O) groups excluding carboxylic acids is 1. The molecule has 4 rings (SSSR count). The lowest BCUT2D eigenvalue weighted by molar-refractivity contribution is 0.102. The second-order valence-corrected chi connectivity index (χ2v) is 7.75. The molecule has 32 heavy (non-hydrogen) atoms.